The minimum absolute atomic E-state index is 0.212. The summed E-state index contributed by atoms with van der Waals surface area (Å²) in [6.45, 7) is 5.72. The van der Waals surface area contributed by atoms with Crippen LogP contribution in [0.3, 0.4) is 0 Å². The number of H-pyrrole nitrogens is 1. The fourth-order valence-electron chi connectivity index (χ4n) is 3.09. The first-order valence-corrected chi connectivity index (χ1v) is 8.47. The van der Waals surface area contributed by atoms with Gasteiger partial charge in [-0.05, 0) is 32.0 Å². The van der Waals surface area contributed by atoms with Crippen molar-refractivity contribution in [2.24, 2.45) is 0 Å². The molecule has 1 aliphatic rings. The van der Waals surface area contributed by atoms with Crippen LogP contribution < -0.4 is 10.6 Å². The molecule has 0 unspecified atom stereocenters. The van der Waals surface area contributed by atoms with Crippen LogP contribution >= 0.6 is 0 Å². The molecule has 7 nitrogen and oxygen atoms in total. The van der Waals surface area contributed by atoms with Crippen molar-refractivity contribution < 1.29 is 0 Å². The van der Waals surface area contributed by atoms with Crippen LogP contribution in [0.2, 0.25) is 0 Å². The molecule has 0 saturated carbocycles. The molecule has 25 heavy (non-hydrogen) atoms. The van der Waals surface area contributed by atoms with E-state index in [-0.39, 0.29) is 6.04 Å². The standard InChI is InChI=1S/C18H21N7/c1-11(6-14-7-12(2)24-25-14)21-18-15-9-20-10-16(15)22-17(23-18)13-4-3-5-19-8-13/h3-5,7-8,11,20H,6,9-10H2,1-2H3,(H,24,25)(H,21,22,23)/t11-/m0/s1. The van der Waals surface area contributed by atoms with E-state index in [0.29, 0.717) is 5.82 Å². The number of hydrogen-bond donors (Lipinski definition) is 3. The normalized spacial score (nSPS) is 14.3. The first kappa shape index (κ1) is 15.7. The fraction of sp³-hybridized carbons (Fsp3) is 0.333. The van der Waals surface area contributed by atoms with Gasteiger partial charge in [-0.2, -0.15) is 5.10 Å². The number of aryl methyl sites for hydroxylation is 1. The average molecular weight is 335 g/mol. The minimum Gasteiger partial charge on any atom is -0.367 e. The van der Waals surface area contributed by atoms with E-state index in [2.05, 4.69) is 38.8 Å². The van der Waals surface area contributed by atoms with Crippen molar-refractivity contribution in [3.63, 3.8) is 0 Å². The van der Waals surface area contributed by atoms with Crippen LogP contribution in [0, 0.1) is 6.92 Å². The number of aromatic amines is 1. The Hall–Kier alpha value is -2.80. The molecule has 128 valence electrons. The van der Waals surface area contributed by atoms with Gasteiger partial charge in [0.2, 0.25) is 0 Å². The highest BCUT2D eigenvalue weighted by Gasteiger charge is 2.21. The van der Waals surface area contributed by atoms with Crippen LogP contribution in [-0.2, 0) is 19.5 Å². The third-order valence-electron chi connectivity index (χ3n) is 4.26. The molecule has 1 aliphatic heterocycles. The minimum atomic E-state index is 0.212. The summed E-state index contributed by atoms with van der Waals surface area (Å²) in [5.41, 5.74) is 5.26. The molecule has 4 rings (SSSR count). The van der Waals surface area contributed by atoms with Gasteiger partial charge in [0.25, 0.3) is 0 Å². The third kappa shape index (κ3) is 3.36. The Balaban J connectivity index is 1.61. The number of pyridine rings is 1. The highest BCUT2D eigenvalue weighted by Crippen LogP contribution is 2.26. The second kappa shape index (κ2) is 6.60. The van der Waals surface area contributed by atoms with Gasteiger partial charge in [-0.3, -0.25) is 10.1 Å². The Labute approximate surface area is 146 Å². The maximum Gasteiger partial charge on any atom is 0.163 e. The molecule has 0 radical (unpaired) electrons. The predicted molar refractivity (Wildman–Crippen MR) is 95.9 cm³/mol. The lowest BCUT2D eigenvalue weighted by Gasteiger charge is -2.16. The van der Waals surface area contributed by atoms with Crippen LogP contribution in [0.1, 0.15) is 29.6 Å². The molecule has 0 bridgehead atoms. The van der Waals surface area contributed by atoms with E-state index in [1.807, 2.05) is 19.1 Å². The molecule has 3 aromatic rings. The van der Waals surface area contributed by atoms with Gasteiger partial charge in [-0.15, -0.1) is 0 Å². The number of nitrogens with one attached hydrogen (secondary N) is 3. The number of anilines is 1. The quantitative estimate of drug-likeness (QED) is 0.662. The number of fused-ring (bicyclic) bond motifs is 1. The van der Waals surface area contributed by atoms with E-state index in [0.717, 1.165) is 53.5 Å². The second-order valence-corrected chi connectivity index (χ2v) is 6.46. The molecular weight excluding hydrogens is 314 g/mol. The molecule has 0 aromatic carbocycles. The summed E-state index contributed by atoms with van der Waals surface area (Å²) in [6, 6.07) is 6.17. The van der Waals surface area contributed by atoms with Gasteiger partial charge < -0.3 is 10.6 Å². The Morgan fingerprint density at radius 1 is 1.28 bits per heavy atom. The van der Waals surface area contributed by atoms with Crippen LogP contribution in [0.15, 0.2) is 30.6 Å². The zero-order valence-corrected chi connectivity index (χ0v) is 14.4. The average Bonchev–Trinajstić information content (AvgIpc) is 3.24. The zero-order valence-electron chi connectivity index (χ0n) is 14.4. The highest BCUT2D eigenvalue weighted by molar-refractivity contribution is 5.60. The third-order valence-corrected chi connectivity index (χ3v) is 4.26. The second-order valence-electron chi connectivity index (χ2n) is 6.46. The van der Waals surface area contributed by atoms with Gasteiger partial charge in [-0.1, -0.05) is 0 Å². The maximum absolute atomic E-state index is 4.77. The molecule has 0 saturated heterocycles. The van der Waals surface area contributed by atoms with Crippen molar-refractivity contribution >= 4 is 5.82 Å². The van der Waals surface area contributed by atoms with E-state index >= 15 is 0 Å². The van der Waals surface area contributed by atoms with Crippen molar-refractivity contribution in [3.05, 3.63) is 53.2 Å². The monoisotopic (exact) mass is 335 g/mol. The molecule has 3 N–H and O–H groups in total. The Bertz CT molecular complexity index is 872. The molecule has 3 aromatic heterocycles. The molecule has 1 atom stereocenters. The molecule has 0 aliphatic carbocycles. The van der Waals surface area contributed by atoms with Crippen LogP contribution in [-0.4, -0.2) is 31.2 Å². The molecule has 0 fully saturated rings. The summed E-state index contributed by atoms with van der Waals surface area (Å²) in [5, 5.41) is 14.2. The van der Waals surface area contributed by atoms with Gasteiger partial charge in [0.1, 0.15) is 5.82 Å². The molecule has 7 heteroatoms. The Morgan fingerprint density at radius 2 is 2.20 bits per heavy atom. The van der Waals surface area contributed by atoms with Crippen molar-refractivity contribution in [3.8, 4) is 11.4 Å². The van der Waals surface area contributed by atoms with Crippen LogP contribution in [0.4, 0.5) is 5.82 Å². The summed E-state index contributed by atoms with van der Waals surface area (Å²) in [5.74, 6) is 1.61. The van der Waals surface area contributed by atoms with E-state index in [1.165, 1.54) is 0 Å². The fourth-order valence-corrected chi connectivity index (χ4v) is 3.09. The van der Waals surface area contributed by atoms with Crippen molar-refractivity contribution in [1.29, 1.82) is 0 Å². The topological polar surface area (TPSA) is 91.4 Å². The Morgan fingerprint density at radius 3 is 2.96 bits per heavy atom. The highest BCUT2D eigenvalue weighted by atomic mass is 15.1. The summed E-state index contributed by atoms with van der Waals surface area (Å²) >= 11 is 0. The van der Waals surface area contributed by atoms with Gasteiger partial charge >= 0.3 is 0 Å². The van der Waals surface area contributed by atoms with Gasteiger partial charge in [0.05, 0.1) is 11.4 Å². The lowest BCUT2D eigenvalue weighted by atomic mass is 10.1. The van der Waals surface area contributed by atoms with E-state index in [4.69, 9.17) is 9.97 Å². The zero-order chi connectivity index (χ0) is 17.2. The molecule has 0 spiro atoms. The van der Waals surface area contributed by atoms with Gasteiger partial charge in [0, 0.05) is 54.8 Å². The smallest absolute Gasteiger partial charge is 0.163 e. The number of nitrogens with zero attached hydrogens (tertiary/aromatic N) is 4. The number of hydrogen-bond acceptors (Lipinski definition) is 6. The summed E-state index contributed by atoms with van der Waals surface area (Å²) in [6.07, 6.45) is 4.38. The molecule has 4 heterocycles. The SMILES string of the molecule is Cc1cc(C[C@H](C)Nc2nc(-c3cccnc3)nc3c2CNC3)n[nH]1. The first-order chi connectivity index (χ1) is 12.2. The lowest BCUT2D eigenvalue weighted by molar-refractivity contribution is 0.748. The summed E-state index contributed by atoms with van der Waals surface area (Å²) in [7, 11) is 0. The van der Waals surface area contributed by atoms with Gasteiger partial charge in [-0.25, -0.2) is 9.97 Å². The van der Waals surface area contributed by atoms with E-state index in [1.54, 1.807) is 12.4 Å². The van der Waals surface area contributed by atoms with Crippen LogP contribution in [0.5, 0.6) is 0 Å². The predicted octanol–water partition coefficient (Wildman–Crippen LogP) is 2.22. The molecular formula is C18H21N7. The van der Waals surface area contributed by atoms with Crippen molar-refractivity contribution in [2.75, 3.05) is 5.32 Å². The summed E-state index contributed by atoms with van der Waals surface area (Å²) < 4.78 is 0. The van der Waals surface area contributed by atoms with Gasteiger partial charge in [0.15, 0.2) is 5.82 Å². The largest absolute Gasteiger partial charge is 0.367 e. The Kier molecular flexibility index (Phi) is 4.15. The molecule has 0 amide bonds. The first-order valence-electron chi connectivity index (χ1n) is 8.47. The van der Waals surface area contributed by atoms with Crippen LogP contribution in [0.25, 0.3) is 11.4 Å². The lowest BCUT2D eigenvalue weighted by Crippen LogP contribution is -2.21. The maximum atomic E-state index is 4.77. The van der Waals surface area contributed by atoms with Crippen molar-refractivity contribution in [2.45, 2.75) is 39.4 Å². The summed E-state index contributed by atoms with van der Waals surface area (Å²) in [4.78, 5) is 13.7. The van der Waals surface area contributed by atoms with E-state index in [9.17, 15) is 0 Å². The number of aromatic nitrogens is 5. The van der Waals surface area contributed by atoms with E-state index < -0.39 is 0 Å². The number of rotatable bonds is 5. The van der Waals surface area contributed by atoms with Crippen molar-refractivity contribution in [1.82, 2.24) is 30.5 Å².